The van der Waals surface area contributed by atoms with Crippen LogP contribution in [-0.4, -0.2) is 11.0 Å². The molecule has 1 aliphatic rings. The molecule has 0 aromatic carbocycles. The molecule has 0 spiro atoms. The van der Waals surface area contributed by atoms with Crippen molar-refractivity contribution >= 4 is 0 Å². The summed E-state index contributed by atoms with van der Waals surface area (Å²) in [6.07, 6.45) is 4.19. The highest BCUT2D eigenvalue weighted by Crippen LogP contribution is 2.39. The van der Waals surface area contributed by atoms with E-state index < -0.39 is 0 Å². The number of hydrogen-bond donors (Lipinski definition) is 1. The van der Waals surface area contributed by atoms with Crippen LogP contribution in [0.3, 0.4) is 0 Å². The first-order valence-electron chi connectivity index (χ1n) is 5.54. The van der Waals surface area contributed by atoms with Gasteiger partial charge < -0.3 is 5.32 Å². The molecule has 1 N–H and O–H groups in total. The molecule has 15 heavy (non-hydrogen) atoms. The van der Waals surface area contributed by atoms with Gasteiger partial charge in [-0.05, 0) is 30.4 Å². The predicted molar refractivity (Wildman–Crippen MR) is 58.1 cm³/mol. The molecule has 1 fully saturated rings. The second kappa shape index (κ2) is 4.27. The number of hydrogen-bond acceptors (Lipinski definition) is 2. The molecule has 2 rings (SSSR count). The highest BCUT2D eigenvalue weighted by molar-refractivity contribution is 5.23. The summed E-state index contributed by atoms with van der Waals surface area (Å²) >= 11 is 0. The van der Waals surface area contributed by atoms with Gasteiger partial charge in [0.05, 0.1) is 5.69 Å². The highest BCUT2D eigenvalue weighted by atomic mass is 19.1. The number of aromatic nitrogens is 1. The first-order valence-corrected chi connectivity index (χ1v) is 5.54. The molecule has 3 heteroatoms. The quantitative estimate of drug-likeness (QED) is 0.822. The minimum atomic E-state index is -0.174. The van der Waals surface area contributed by atoms with E-state index in [1.165, 1.54) is 12.8 Å². The summed E-state index contributed by atoms with van der Waals surface area (Å²) < 4.78 is 13.6. The fraction of sp³-hybridized carbons (Fsp3) is 0.583. The van der Waals surface area contributed by atoms with Gasteiger partial charge in [0.15, 0.2) is 0 Å². The molecule has 1 aromatic heterocycles. The van der Waals surface area contributed by atoms with Crippen LogP contribution in [0.2, 0.25) is 0 Å². The first-order chi connectivity index (χ1) is 7.16. The Morgan fingerprint density at radius 3 is 2.80 bits per heavy atom. The minimum absolute atomic E-state index is 0.174. The Morgan fingerprint density at radius 1 is 1.53 bits per heavy atom. The van der Waals surface area contributed by atoms with Crippen LogP contribution in [0.1, 0.15) is 43.9 Å². The van der Waals surface area contributed by atoms with Crippen LogP contribution in [0, 0.1) is 5.82 Å². The Kier molecular flexibility index (Phi) is 3.00. The molecule has 0 atom stereocenters. The zero-order valence-electron chi connectivity index (χ0n) is 9.26. The van der Waals surface area contributed by atoms with E-state index in [2.05, 4.69) is 10.3 Å². The summed E-state index contributed by atoms with van der Waals surface area (Å²) in [5.41, 5.74) is 1.58. The van der Waals surface area contributed by atoms with E-state index in [1.807, 2.05) is 20.0 Å². The lowest BCUT2D eigenvalue weighted by atomic mass is 10.1. The third-order valence-corrected chi connectivity index (χ3v) is 2.67. The predicted octanol–water partition coefficient (Wildman–Crippen LogP) is 2.60. The molecule has 1 aliphatic carbocycles. The summed E-state index contributed by atoms with van der Waals surface area (Å²) in [6.45, 7) is 4.58. The van der Waals surface area contributed by atoms with Crippen molar-refractivity contribution in [2.45, 2.75) is 45.2 Å². The molecule has 1 aromatic rings. The number of halogens is 1. The van der Waals surface area contributed by atoms with Crippen LogP contribution < -0.4 is 5.32 Å². The zero-order chi connectivity index (χ0) is 10.8. The number of rotatable bonds is 4. The molecule has 82 valence electrons. The standard InChI is InChI=1S/C12H17FN2/c1-8(2)14-7-12-11(13)5-10(6-15-12)9-3-4-9/h5-6,8-9,14H,3-4,7H2,1-2H3. The van der Waals surface area contributed by atoms with Crippen LogP contribution >= 0.6 is 0 Å². The lowest BCUT2D eigenvalue weighted by molar-refractivity contribution is 0.539. The summed E-state index contributed by atoms with van der Waals surface area (Å²) in [7, 11) is 0. The third-order valence-electron chi connectivity index (χ3n) is 2.67. The minimum Gasteiger partial charge on any atom is -0.309 e. The topological polar surface area (TPSA) is 24.9 Å². The maximum absolute atomic E-state index is 13.6. The van der Waals surface area contributed by atoms with E-state index in [0.717, 1.165) is 5.56 Å². The van der Waals surface area contributed by atoms with Crippen LogP contribution in [0.4, 0.5) is 4.39 Å². The van der Waals surface area contributed by atoms with Gasteiger partial charge in [-0.15, -0.1) is 0 Å². The second-order valence-electron chi connectivity index (χ2n) is 4.51. The fourth-order valence-corrected chi connectivity index (χ4v) is 1.55. The molecule has 1 saturated carbocycles. The van der Waals surface area contributed by atoms with Crippen molar-refractivity contribution in [3.63, 3.8) is 0 Å². The molecule has 1 heterocycles. The third kappa shape index (κ3) is 2.75. The van der Waals surface area contributed by atoms with Crippen molar-refractivity contribution in [2.24, 2.45) is 0 Å². The van der Waals surface area contributed by atoms with Gasteiger partial charge in [-0.3, -0.25) is 4.98 Å². The van der Waals surface area contributed by atoms with Gasteiger partial charge in [0, 0.05) is 18.8 Å². The van der Waals surface area contributed by atoms with E-state index in [4.69, 9.17) is 0 Å². The summed E-state index contributed by atoms with van der Waals surface area (Å²) in [5.74, 6) is 0.395. The average molecular weight is 208 g/mol. The molecule has 0 radical (unpaired) electrons. The number of pyridine rings is 1. The maximum atomic E-state index is 13.6. The molecule has 0 amide bonds. The van der Waals surface area contributed by atoms with Gasteiger partial charge in [-0.25, -0.2) is 4.39 Å². The van der Waals surface area contributed by atoms with Crippen LogP contribution in [0.15, 0.2) is 12.3 Å². The Morgan fingerprint density at radius 2 is 2.27 bits per heavy atom. The maximum Gasteiger partial charge on any atom is 0.146 e. The van der Waals surface area contributed by atoms with E-state index in [1.54, 1.807) is 6.07 Å². The Labute approximate surface area is 89.9 Å². The Hall–Kier alpha value is -0.960. The summed E-state index contributed by atoms with van der Waals surface area (Å²) in [6, 6.07) is 2.00. The van der Waals surface area contributed by atoms with Crippen molar-refractivity contribution in [2.75, 3.05) is 0 Å². The Bertz CT molecular complexity index is 345. The van der Waals surface area contributed by atoms with Crippen molar-refractivity contribution < 1.29 is 4.39 Å². The first kappa shape index (κ1) is 10.6. The molecule has 0 bridgehead atoms. The number of nitrogens with zero attached hydrogens (tertiary/aromatic N) is 1. The smallest absolute Gasteiger partial charge is 0.146 e. The van der Waals surface area contributed by atoms with Crippen molar-refractivity contribution in [3.05, 3.63) is 29.3 Å². The van der Waals surface area contributed by atoms with Crippen molar-refractivity contribution in [1.82, 2.24) is 10.3 Å². The fourth-order valence-electron chi connectivity index (χ4n) is 1.55. The van der Waals surface area contributed by atoms with E-state index in [9.17, 15) is 4.39 Å². The Balaban J connectivity index is 2.05. The average Bonchev–Trinajstić information content (AvgIpc) is 2.98. The molecule has 0 aliphatic heterocycles. The molecule has 0 unspecified atom stereocenters. The van der Waals surface area contributed by atoms with Gasteiger partial charge in [-0.2, -0.15) is 0 Å². The largest absolute Gasteiger partial charge is 0.309 e. The van der Waals surface area contributed by atoms with Crippen LogP contribution in [0.5, 0.6) is 0 Å². The van der Waals surface area contributed by atoms with Crippen LogP contribution in [-0.2, 0) is 6.54 Å². The normalized spacial score (nSPS) is 16.0. The van der Waals surface area contributed by atoms with Gasteiger partial charge in [0.1, 0.15) is 5.82 Å². The van der Waals surface area contributed by atoms with E-state index >= 15 is 0 Å². The number of nitrogens with one attached hydrogen (secondary N) is 1. The van der Waals surface area contributed by atoms with Crippen LogP contribution in [0.25, 0.3) is 0 Å². The monoisotopic (exact) mass is 208 g/mol. The van der Waals surface area contributed by atoms with Gasteiger partial charge >= 0.3 is 0 Å². The second-order valence-corrected chi connectivity index (χ2v) is 4.51. The zero-order valence-corrected chi connectivity index (χ0v) is 9.26. The lowest BCUT2D eigenvalue weighted by Crippen LogP contribution is -2.23. The van der Waals surface area contributed by atoms with Crippen molar-refractivity contribution in [3.8, 4) is 0 Å². The van der Waals surface area contributed by atoms with E-state index in [0.29, 0.717) is 24.2 Å². The van der Waals surface area contributed by atoms with Crippen molar-refractivity contribution in [1.29, 1.82) is 0 Å². The molecular weight excluding hydrogens is 191 g/mol. The highest BCUT2D eigenvalue weighted by Gasteiger charge is 2.24. The molecular formula is C12H17FN2. The van der Waals surface area contributed by atoms with Gasteiger partial charge in [-0.1, -0.05) is 13.8 Å². The van der Waals surface area contributed by atoms with E-state index in [-0.39, 0.29) is 5.82 Å². The summed E-state index contributed by atoms with van der Waals surface area (Å²) in [4.78, 5) is 4.17. The van der Waals surface area contributed by atoms with Gasteiger partial charge in [0.2, 0.25) is 0 Å². The SMILES string of the molecule is CC(C)NCc1ncc(C2CC2)cc1F. The van der Waals surface area contributed by atoms with Gasteiger partial charge in [0.25, 0.3) is 0 Å². The molecule has 0 saturated heterocycles. The molecule has 2 nitrogen and oxygen atoms in total. The lowest BCUT2D eigenvalue weighted by Gasteiger charge is -2.08. The summed E-state index contributed by atoms with van der Waals surface area (Å²) in [5, 5.41) is 3.16.